The van der Waals surface area contributed by atoms with E-state index in [-0.39, 0.29) is 17.4 Å². The lowest BCUT2D eigenvalue weighted by Crippen LogP contribution is -2.75. The summed E-state index contributed by atoms with van der Waals surface area (Å²) in [5.41, 5.74) is -1.20. The van der Waals surface area contributed by atoms with E-state index in [1.165, 1.54) is 12.0 Å². The van der Waals surface area contributed by atoms with Crippen LogP contribution in [-0.4, -0.2) is 57.3 Å². The van der Waals surface area contributed by atoms with Crippen LogP contribution in [0.5, 0.6) is 0 Å². The Labute approximate surface area is 177 Å². The number of hydrogen-bond acceptors (Lipinski definition) is 4. The van der Waals surface area contributed by atoms with Crippen LogP contribution >= 0.6 is 22.6 Å². The predicted octanol–water partition coefficient (Wildman–Crippen LogP) is 3.15. The van der Waals surface area contributed by atoms with Gasteiger partial charge in [0.05, 0.1) is 13.0 Å². The zero-order valence-corrected chi connectivity index (χ0v) is 20.0. The minimum absolute atomic E-state index is 0.0943. The Bertz CT molecular complexity index is 705. The highest BCUT2D eigenvalue weighted by molar-refractivity contribution is 14.1. The molecule has 0 aliphatic carbocycles. The van der Waals surface area contributed by atoms with Crippen molar-refractivity contribution in [2.24, 2.45) is 0 Å². The molecule has 1 amide bonds. The van der Waals surface area contributed by atoms with Crippen molar-refractivity contribution in [1.82, 2.24) is 4.90 Å². The summed E-state index contributed by atoms with van der Waals surface area (Å²) in [6.45, 7) is 11.6. The molecule has 0 aromatic heterocycles. The maximum absolute atomic E-state index is 12.7. The number of carbonyl (C=O) groups excluding carboxylic acids is 2. The first-order chi connectivity index (χ1) is 12.6. The number of carbonyl (C=O) groups is 2. The van der Waals surface area contributed by atoms with Crippen LogP contribution in [0.15, 0.2) is 12.2 Å². The first-order valence-corrected chi connectivity index (χ1v) is 12.8. The van der Waals surface area contributed by atoms with E-state index in [0.717, 1.165) is 6.29 Å². The number of aldehydes is 1. The summed E-state index contributed by atoms with van der Waals surface area (Å²) in [5, 5.41) is 0.0943. The van der Waals surface area contributed by atoms with Crippen LogP contribution in [0.1, 0.15) is 27.2 Å². The van der Waals surface area contributed by atoms with Crippen LogP contribution in [-0.2, 0) is 18.8 Å². The second-order valence-corrected chi connectivity index (χ2v) is 13.2. The fourth-order valence-corrected chi connectivity index (χ4v) is 3.75. The second-order valence-electron chi connectivity index (χ2n) is 7.85. The molecule has 2 atom stereocenters. The Morgan fingerprint density at radius 3 is 2.44 bits per heavy atom. The Kier molecular flexibility index (Phi) is 8.75. The second kappa shape index (κ2) is 9.88. The van der Waals surface area contributed by atoms with Gasteiger partial charge in [-0.25, -0.2) is 0 Å². The fraction of sp³-hybridized carbons (Fsp3) is 0.600. The molecule has 148 valence electrons. The number of amides is 1. The molecule has 0 radical (unpaired) electrons. The molecule has 0 spiro atoms. The third-order valence-corrected chi connectivity index (χ3v) is 10.1. The summed E-state index contributed by atoms with van der Waals surface area (Å²) >= 11 is 1.94. The summed E-state index contributed by atoms with van der Waals surface area (Å²) in [5.74, 6) is 8.24. The molecular formula is C20H28INO4Si. The molecule has 0 bridgehead atoms. The van der Waals surface area contributed by atoms with Gasteiger partial charge in [-0.3, -0.25) is 4.79 Å². The van der Waals surface area contributed by atoms with E-state index in [0.29, 0.717) is 13.2 Å². The Morgan fingerprint density at radius 1 is 1.30 bits per heavy atom. The van der Waals surface area contributed by atoms with Crippen molar-refractivity contribution in [3.05, 3.63) is 12.2 Å². The lowest BCUT2D eigenvalue weighted by Gasteiger charge is -2.52. The highest BCUT2D eigenvalue weighted by Gasteiger charge is 2.61. The van der Waals surface area contributed by atoms with Crippen molar-refractivity contribution >= 4 is 43.1 Å². The van der Waals surface area contributed by atoms with Gasteiger partial charge in [0.15, 0.2) is 13.9 Å². The summed E-state index contributed by atoms with van der Waals surface area (Å²) in [7, 11) is -0.453. The largest absolute Gasteiger partial charge is 0.415 e. The molecule has 0 aromatic rings. The number of hydrogen-bond donors (Lipinski definition) is 0. The highest BCUT2D eigenvalue weighted by atomic mass is 127. The molecular weight excluding hydrogens is 473 g/mol. The monoisotopic (exact) mass is 501 g/mol. The van der Waals surface area contributed by atoms with Crippen molar-refractivity contribution < 1.29 is 18.8 Å². The van der Waals surface area contributed by atoms with Crippen LogP contribution in [0.2, 0.25) is 18.1 Å². The molecule has 1 heterocycles. The number of rotatable bonds is 7. The lowest BCUT2D eigenvalue weighted by molar-refractivity contribution is -0.196. The molecule has 1 fully saturated rings. The number of methoxy groups -OCH3 is 1. The van der Waals surface area contributed by atoms with Gasteiger partial charge in [-0.2, -0.15) is 0 Å². The molecule has 0 unspecified atom stereocenters. The van der Waals surface area contributed by atoms with Gasteiger partial charge in [-0.1, -0.05) is 38.5 Å². The molecule has 1 aliphatic rings. The highest BCUT2D eigenvalue weighted by Crippen LogP contribution is 2.38. The van der Waals surface area contributed by atoms with E-state index < -0.39 is 20.0 Å². The lowest BCUT2D eigenvalue weighted by atomic mass is 9.80. The molecule has 1 saturated heterocycles. The Hall–Kier alpha value is -1.13. The average molecular weight is 501 g/mol. The van der Waals surface area contributed by atoms with E-state index >= 15 is 0 Å². The zero-order valence-electron chi connectivity index (χ0n) is 16.9. The first kappa shape index (κ1) is 23.9. The number of halogens is 1. The van der Waals surface area contributed by atoms with Gasteiger partial charge < -0.3 is 18.9 Å². The van der Waals surface area contributed by atoms with E-state index in [1.54, 1.807) is 12.2 Å². The van der Waals surface area contributed by atoms with Gasteiger partial charge in [-0.05, 0) is 34.2 Å². The van der Waals surface area contributed by atoms with Gasteiger partial charge in [0.1, 0.15) is 12.3 Å². The van der Waals surface area contributed by atoms with Gasteiger partial charge in [0, 0.05) is 36.2 Å². The van der Waals surface area contributed by atoms with E-state index in [4.69, 9.17) is 9.16 Å². The average Bonchev–Trinajstić information content (AvgIpc) is 2.60. The molecule has 1 aliphatic heterocycles. The molecule has 7 heteroatoms. The summed E-state index contributed by atoms with van der Waals surface area (Å²) in [6, 6.07) is -0.648. The smallest absolute Gasteiger partial charge is 0.259 e. The maximum Gasteiger partial charge on any atom is 0.259 e. The Morgan fingerprint density at radius 2 is 1.93 bits per heavy atom. The van der Waals surface area contributed by atoms with Gasteiger partial charge in [-0.15, -0.1) is 0 Å². The summed E-state index contributed by atoms with van der Waals surface area (Å²) in [6.07, 6.45) is 4.16. The molecule has 0 aromatic carbocycles. The third kappa shape index (κ3) is 5.45. The van der Waals surface area contributed by atoms with Crippen LogP contribution in [0, 0.1) is 21.7 Å². The summed E-state index contributed by atoms with van der Waals surface area (Å²) < 4.78 is 14.3. The topological polar surface area (TPSA) is 55.8 Å². The van der Waals surface area contributed by atoms with Crippen LogP contribution in [0.3, 0.4) is 0 Å². The van der Waals surface area contributed by atoms with Crippen molar-refractivity contribution in [2.45, 2.75) is 57.0 Å². The quantitative estimate of drug-likeness (QED) is 0.177. The number of β-lactam (4-membered cyclic amide) rings is 1. The number of likely N-dealkylation sites (tertiary alicyclic amines) is 1. The number of allylic oxidation sites excluding steroid dienone is 2. The minimum atomic E-state index is -1.89. The van der Waals surface area contributed by atoms with Crippen LogP contribution in [0.25, 0.3) is 0 Å². The van der Waals surface area contributed by atoms with Crippen molar-refractivity contribution in [2.75, 3.05) is 20.3 Å². The Balaban J connectivity index is 2.74. The van der Waals surface area contributed by atoms with Crippen LogP contribution < -0.4 is 0 Å². The minimum Gasteiger partial charge on any atom is -0.415 e. The van der Waals surface area contributed by atoms with Gasteiger partial charge in [0.2, 0.25) is 0 Å². The van der Waals surface area contributed by atoms with E-state index in [2.05, 4.69) is 55.6 Å². The van der Waals surface area contributed by atoms with Crippen LogP contribution in [0.4, 0.5) is 0 Å². The van der Waals surface area contributed by atoms with Gasteiger partial charge in [0.25, 0.3) is 5.91 Å². The summed E-state index contributed by atoms with van der Waals surface area (Å²) in [4.78, 5) is 25.8. The first-order valence-electron chi connectivity index (χ1n) is 8.77. The molecule has 27 heavy (non-hydrogen) atoms. The number of ether oxygens (including phenoxy) is 1. The zero-order chi connectivity index (χ0) is 20.7. The van der Waals surface area contributed by atoms with Gasteiger partial charge >= 0.3 is 0 Å². The third-order valence-electron chi connectivity index (χ3n) is 5.29. The van der Waals surface area contributed by atoms with E-state index in [1.807, 2.05) is 22.6 Å². The SMILES string of the molecule is CO[C@]1(CC#C/C=C\C#CI)C(=O)N(CCO[Si](C)(C)C(C)(C)C)[C@H]1C=O. The van der Waals surface area contributed by atoms with E-state index in [9.17, 15) is 9.59 Å². The van der Waals surface area contributed by atoms with Crippen molar-refractivity contribution in [3.63, 3.8) is 0 Å². The molecule has 5 nitrogen and oxygen atoms in total. The fourth-order valence-electron chi connectivity index (χ4n) is 2.54. The molecule has 1 rings (SSSR count). The maximum atomic E-state index is 12.7. The standard InChI is InChI=1S/C20H28INO4Si/c1-19(2,3)27(5,6)26-15-14-22-17(16-23)20(25-4,18(22)24)12-10-8-7-9-11-13-21/h7,9,16-17H,12,14-15H2,1-6H3/b9-7-/t17-,20-/m0/s1. The molecule has 0 N–H and O–H groups in total. The molecule has 0 saturated carbocycles. The predicted molar refractivity (Wildman–Crippen MR) is 118 cm³/mol. The normalized spacial score (nSPS) is 22.6. The van der Waals surface area contributed by atoms with Crippen molar-refractivity contribution in [1.29, 1.82) is 0 Å². The van der Waals surface area contributed by atoms with Crippen molar-refractivity contribution in [3.8, 4) is 21.7 Å². The number of nitrogens with zero attached hydrogens (tertiary/aromatic N) is 1.